The molecular formula is C17H26F2N2. The van der Waals surface area contributed by atoms with Gasteiger partial charge in [-0.1, -0.05) is 38.8 Å². The van der Waals surface area contributed by atoms with Crippen LogP contribution in [0.4, 0.5) is 8.78 Å². The maximum absolute atomic E-state index is 14.3. The Labute approximate surface area is 126 Å². The van der Waals surface area contributed by atoms with Gasteiger partial charge in [0.2, 0.25) is 0 Å². The topological polar surface area (TPSA) is 15.3 Å². The largest absolute Gasteiger partial charge is 0.311 e. The summed E-state index contributed by atoms with van der Waals surface area (Å²) in [5, 5.41) is 3.27. The summed E-state index contributed by atoms with van der Waals surface area (Å²) in [5.74, 6) is -1.48. The van der Waals surface area contributed by atoms with Crippen LogP contribution >= 0.6 is 0 Å². The second-order valence-corrected chi connectivity index (χ2v) is 5.85. The molecule has 0 heterocycles. The van der Waals surface area contributed by atoms with Gasteiger partial charge in [-0.25, -0.2) is 8.78 Å². The minimum absolute atomic E-state index is 0.118. The lowest BCUT2D eigenvalue weighted by Crippen LogP contribution is -2.54. The molecule has 0 aliphatic heterocycles. The van der Waals surface area contributed by atoms with E-state index in [0.29, 0.717) is 5.56 Å². The number of benzene rings is 1. The van der Waals surface area contributed by atoms with Crippen LogP contribution in [0.5, 0.6) is 0 Å². The zero-order chi connectivity index (χ0) is 15.5. The van der Waals surface area contributed by atoms with Gasteiger partial charge in [-0.2, -0.15) is 0 Å². The predicted octanol–water partition coefficient (Wildman–Crippen LogP) is 3.88. The number of nitrogens with one attached hydrogen (secondary N) is 1. The SMILES string of the molecule is CCN(CC)C1(C(NC)c2cccc(F)c2F)CCCC1. The molecule has 0 bridgehead atoms. The summed E-state index contributed by atoms with van der Waals surface area (Å²) in [6.45, 7) is 6.12. The molecule has 1 fully saturated rings. The molecule has 4 heteroatoms. The lowest BCUT2D eigenvalue weighted by molar-refractivity contribution is 0.0639. The first-order chi connectivity index (χ1) is 10.1. The summed E-state index contributed by atoms with van der Waals surface area (Å²) >= 11 is 0. The van der Waals surface area contributed by atoms with Crippen molar-refractivity contribution < 1.29 is 8.78 Å². The lowest BCUT2D eigenvalue weighted by Gasteiger charge is -2.46. The molecule has 1 aromatic carbocycles. The third-order valence-corrected chi connectivity index (χ3v) is 4.98. The molecule has 1 aliphatic carbocycles. The Bertz CT molecular complexity index is 466. The minimum Gasteiger partial charge on any atom is -0.311 e. The molecule has 1 aliphatic rings. The van der Waals surface area contributed by atoms with Gasteiger partial charge in [0.1, 0.15) is 0 Å². The normalized spacial score (nSPS) is 19.1. The first kappa shape index (κ1) is 16.4. The molecule has 1 unspecified atom stereocenters. The third kappa shape index (κ3) is 2.84. The van der Waals surface area contributed by atoms with Crippen LogP contribution in [0.3, 0.4) is 0 Å². The van der Waals surface area contributed by atoms with E-state index < -0.39 is 11.6 Å². The van der Waals surface area contributed by atoms with Gasteiger partial charge in [0.25, 0.3) is 0 Å². The molecule has 0 amide bonds. The zero-order valence-electron chi connectivity index (χ0n) is 13.3. The van der Waals surface area contributed by atoms with Crippen LogP contribution in [-0.4, -0.2) is 30.6 Å². The van der Waals surface area contributed by atoms with Gasteiger partial charge in [-0.3, -0.25) is 4.90 Å². The van der Waals surface area contributed by atoms with Crippen molar-refractivity contribution in [2.45, 2.75) is 51.1 Å². The number of likely N-dealkylation sites (N-methyl/N-ethyl adjacent to an activating group) is 2. The average Bonchev–Trinajstić information content (AvgIpc) is 2.96. The van der Waals surface area contributed by atoms with E-state index in [0.717, 1.165) is 38.8 Å². The fourth-order valence-corrected chi connectivity index (χ4v) is 4.09. The first-order valence-corrected chi connectivity index (χ1v) is 7.97. The molecule has 1 saturated carbocycles. The Hall–Kier alpha value is -1.00. The van der Waals surface area contributed by atoms with Crippen LogP contribution < -0.4 is 5.32 Å². The highest BCUT2D eigenvalue weighted by atomic mass is 19.2. The molecule has 1 atom stereocenters. The van der Waals surface area contributed by atoms with Crippen molar-refractivity contribution in [3.8, 4) is 0 Å². The van der Waals surface area contributed by atoms with E-state index in [-0.39, 0.29) is 11.6 Å². The van der Waals surface area contributed by atoms with Gasteiger partial charge in [-0.05, 0) is 39.0 Å². The number of hydrogen-bond donors (Lipinski definition) is 1. The third-order valence-electron chi connectivity index (χ3n) is 4.98. The Morgan fingerprint density at radius 1 is 1.19 bits per heavy atom. The molecule has 0 aromatic heterocycles. The monoisotopic (exact) mass is 296 g/mol. The second-order valence-electron chi connectivity index (χ2n) is 5.85. The molecule has 2 rings (SSSR count). The Morgan fingerprint density at radius 3 is 2.33 bits per heavy atom. The van der Waals surface area contributed by atoms with Gasteiger partial charge in [-0.15, -0.1) is 0 Å². The van der Waals surface area contributed by atoms with Crippen molar-refractivity contribution in [1.82, 2.24) is 10.2 Å². The van der Waals surface area contributed by atoms with Gasteiger partial charge in [0.15, 0.2) is 11.6 Å². The second kappa shape index (κ2) is 6.84. The molecule has 2 nitrogen and oxygen atoms in total. The first-order valence-electron chi connectivity index (χ1n) is 7.97. The van der Waals surface area contributed by atoms with Crippen molar-refractivity contribution in [1.29, 1.82) is 0 Å². The van der Waals surface area contributed by atoms with E-state index >= 15 is 0 Å². The van der Waals surface area contributed by atoms with E-state index in [9.17, 15) is 8.78 Å². The molecule has 1 N–H and O–H groups in total. The Kier molecular flexibility index (Phi) is 5.33. The summed E-state index contributed by atoms with van der Waals surface area (Å²) in [4.78, 5) is 2.41. The van der Waals surface area contributed by atoms with Crippen LogP contribution in [0.15, 0.2) is 18.2 Å². The molecule has 0 spiro atoms. The highest BCUT2D eigenvalue weighted by Gasteiger charge is 2.45. The average molecular weight is 296 g/mol. The number of rotatable bonds is 6. The van der Waals surface area contributed by atoms with Gasteiger partial charge in [0.05, 0.1) is 6.04 Å². The van der Waals surface area contributed by atoms with Gasteiger partial charge in [0, 0.05) is 11.1 Å². The van der Waals surface area contributed by atoms with Crippen molar-refractivity contribution in [3.63, 3.8) is 0 Å². The maximum Gasteiger partial charge on any atom is 0.163 e. The van der Waals surface area contributed by atoms with E-state index in [2.05, 4.69) is 24.1 Å². The van der Waals surface area contributed by atoms with Crippen molar-refractivity contribution in [3.05, 3.63) is 35.4 Å². The van der Waals surface area contributed by atoms with Crippen molar-refractivity contribution in [2.75, 3.05) is 20.1 Å². The Balaban J connectivity index is 2.48. The number of nitrogens with zero attached hydrogens (tertiary/aromatic N) is 1. The summed E-state index contributed by atoms with van der Waals surface area (Å²) in [5.41, 5.74) is 0.332. The van der Waals surface area contributed by atoms with E-state index in [1.54, 1.807) is 12.1 Å². The standard InChI is InChI=1S/C17H26F2N2/c1-4-21(5-2)17(11-6-7-12-17)16(20-3)13-9-8-10-14(18)15(13)19/h8-10,16,20H,4-7,11-12H2,1-3H3. The van der Waals surface area contributed by atoms with E-state index in [1.807, 2.05) is 7.05 Å². The van der Waals surface area contributed by atoms with Crippen LogP contribution in [0, 0.1) is 11.6 Å². The Morgan fingerprint density at radius 2 is 1.81 bits per heavy atom. The van der Waals surface area contributed by atoms with Gasteiger partial charge >= 0.3 is 0 Å². The summed E-state index contributed by atoms with van der Waals surface area (Å²) in [6, 6.07) is 4.31. The van der Waals surface area contributed by atoms with Crippen molar-refractivity contribution >= 4 is 0 Å². The fourth-order valence-electron chi connectivity index (χ4n) is 4.09. The lowest BCUT2D eigenvalue weighted by atomic mass is 9.81. The van der Waals surface area contributed by atoms with Crippen LogP contribution in [0.25, 0.3) is 0 Å². The number of hydrogen-bond acceptors (Lipinski definition) is 2. The molecule has 0 radical (unpaired) electrons. The van der Waals surface area contributed by atoms with Crippen molar-refractivity contribution in [2.24, 2.45) is 0 Å². The van der Waals surface area contributed by atoms with E-state index in [1.165, 1.54) is 6.07 Å². The van der Waals surface area contributed by atoms with Crippen LogP contribution in [-0.2, 0) is 0 Å². The molecule has 21 heavy (non-hydrogen) atoms. The highest BCUT2D eigenvalue weighted by Crippen LogP contribution is 2.45. The zero-order valence-corrected chi connectivity index (χ0v) is 13.3. The molecule has 0 saturated heterocycles. The summed E-state index contributed by atoms with van der Waals surface area (Å²) in [7, 11) is 1.85. The predicted molar refractivity (Wildman–Crippen MR) is 82.3 cm³/mol. The van der Waals surface area contributed by atoms with E-state index in [4.69, 9.17) is 0 Å². The summed E-state index contributed by atoms with van der Waals surface area (Å²) in [6.07, 6.45) is 4.34. The molecular weight excluding hydrogens is 270 g/mol. The van der Waals surface area contributed by atoms with Crippen LogP contribution in [0.1, 0.15) is 51.1 Å². The fraction of sp³-hybridized carbons (Fsp3) is 0.647. The molecule has 118 valence electrons. The highest BCUT2D eigenvalue weighted by molar-refractivity contribution is 5.27. The summed E-state index contributed by atoms with van der Waals surface area (Å²) < 4.78 is 27.9. The van der Waals surface area contributed by atoms with Crippen LogP contribution in [0.2, 0.25) is 0 Å². The quantitative estimate of drug-likeness (QED) is 0.857. The minimum atomic E-state index is -0.763. The number of halogens is 2. The maximum atomic E-state index is 14.3. The smallest absolute Gasteiger partial charge is 0.163 e. The molecule has 1 aromatic rings. The van der Waals surface area contributed by atoms with Gasteiger partial charge < -0.3 is 5.32 Å².